The van der Waals surface area contributed by atoms with Crippen molar-refractivity contribution in [3.63, 3.8) is 0 Å². The summed E-state index contributed by atoms with van der Waals surface area (Å²) in [6.07, 6.45) is -4.44. The lowest BCUT2D eigenvalue weighted by molar-refractivity contribution is -0.274. The van der Waals surface area contributed by atoms with E-state index in [0.29, 0.717) is 17.3 Å². The third kappa shape index (κ3) is 6.84. The monoisotopic (exact) mass is 565 g/mol. The number of carbonyl (C=O) groups is 1. The Kier molecular flexibility index (Phi) is 9.15. The fourth-order valence-corrected chi connectivity index (χ4v) is 5.80. The summed E-state index contributed by atoms with van der Waals surface area (Å²) in [5.41, 5.74) is 2.42. The summed E-state index contributed by atoms with van der Waals surface area (Å²) < 4.78 is 68.4. The molecule has 7 nitrogen and oxygen atoms in total. The van der Waals surface area contributed by atoms with Crippen LogP contribution in [0.5, 0.6) is 5.75 Å². The van der Waals surface area contributed by atoms with Crippen molar-refractivity contribution in [1.29, 1.82) is 0 Å². The first kappa shape index (κ1) is 28.1. The van der Waals surface area contributed by atoms with Gasteiger partial charge in [-0.3, -0.25) is 4.79 Å². The molecule has 0 bridgehead atoms. The van der Waals surface area contributed by atoms with Crippen molar-refractivity contribution >= 4 is 50.0 Å². The number of carbonyl (C=O) groups excluding carboxylic acids is 1. The molecule has 0 aliphatic rings. The summed E-state index contributed by atoms with van der Waals surface area (Å²) in [4.78, 5) is 15.7. The van der Waals surface area contributed by atoms with E-state index in [4.69, 9.17) is 23.2 Å². The van der Waals surface area contributed by atoms with Gasteiger partial charge in [-0.1, -0.05) is 0 Å². The molecule has 0 unspecified atom stereocenters. The van der Waals surface area contributed by atoms with Crippen LogP contribution in [0.3, 0.4) is 0 Å². The Morgan fingerprint density at radius 3 is 2.31 bits per heavy atom. The number of aromatic nitrogens is 1. The Balaban J connectivity index is 1.67. The first-order valence-corrected chi connectivity index (χ1v) is 13.3. The Labute approximate surface area is 216 Å². The van der Waals surface area contributed by atoms with Gasteiger partial charge in [-0.15, -0.1) is 36.4 Å². The van der Waals surface area contributed by atoms with Crippen molar-refractivity contribution in [3.05, 3.63) is 59.3 Å². The van der Waals surface area contributed by atoms with Crippen LogP contribution in [0.2, 0.25) is 0 Å². The Hall–Kier alpha value is -2.47. The molecule has 1 aromatic heterocycles. The van der Waals surface area contributed by atoms with E-state index in [1.54, 1.807) is 6.92 Å². The Morgan fingerprint density at radius 1 is 1.08 bits per heavy atom. The molecule has 2 N–H and O–H groups in total. The SMILES string of the molecule is Cc1[nH]c2ccc(OC(F)(F)F)cc2c1CCNC(=O)c1ccc(S(=O)(=O)N(CCCl)CCCl)cc1. The van der Waals surface area contributed by atoms with Gasteiger partial charge in [0.1, 0.15) is 5.75 Å². The number of aryl methyl sites for hydroxylation is 1. The van der Waals surface area contributed by atoms with E-state index in [-0.39, 0.29) is 47.6 Å². The summed E-state index contributed by atoms with van der Waals surface area (Å²) in [5.74, 6) is -0.521. The number of nitrogens with one attached hydrogen (secondary N) is 2. The maximum atomic E-state index is 12.8. The molecule has 0 spiro atoms. The number of benzene rings is 2. The molecule has 0 radical (unpaired) electrons. The molecule has 2 aromatic carbocycles. The summed E-state index contributed by atoms with van der Waals surface area (Å²) in [6, 6.07) is 9.52. The van der Waals surface area contributed by atoms with Gasteiger partial charge in [-0.05, 0) is 61.4 Å². The van der Waals surface area contributed by atoms with Crippen LogP contribution in [0.15, 0.2) is 47.4 Å². The number of hydrogen-bond acceptors (Lipinski definition) is 4. The van der Waals surface area contributed by atoms with Crippen LogP contribution in [0.1, 0.15) is 21.6 Å². The van der Waals surface area contributed by atoms with Crippen molar-refractivity contribution < 1.29 is 31.1 Å². The molecule has 1 amide bonds. The van der Waals surface area contributed by atoms with Crippen LogP contribution >= 0.6 is 23.2 Å². The zero-order chi connectivity index (χ0) is 26.5. The second kappa shape index (κ2) is 11.7. The van der Waals surface area contributed by atoms with Gasteiger partial charge in [0.2, 0.25) is 10.0 Å². The lowest BCUT2D eigenvalue weighted by atomic mass is 10.1. The van der Waals surface area contributed by atoms with Crippen molar-refractivity contribution in [2.24, 2.45) is 0 Å². The smallest absolute Gasteiger partial charge is 0.406 e. The van der Waals surface area contributed by atoms with Gasteiger partial charge in [-0.25, -0.2) is 8.42 Å². The minimum Gasteiger partial charge on any atom is -0.406 e. The van der Waals surface area contributed by atoms with Gasteiger partial charge in [0, 0.05) is 53.6 Å². The number of ether oxygens (including phenoxy) is 1. The molecule has 36 heavy (non-hydrogen) atoms. The quantitative estimate of drug-likeness (QED) is 0.326. The molecule has 3 rings (SSSR count). The summed E-state index contributed by atoms with van der Waals surface area (Å²) >= 11 is 11.4. The van der Waals surface area contributed by atoms with E-state index in [9.17, 15) is 26.4 Å². The number of rotatable bonds is 11. The van der Waals surface area contributed by atoms with Crippen molar-refractivity contribution in [2.75, 3.05) is 31.4 Å². The molecule has 0 aliphatic carbocycles. The van der Waals surface area contributed by atoms with E-state index in [1.165, 1.54) is 46.8 Å². The topological polar surface area (TPSA) is 91.5 Å². The highest BCUT2D eigenvalue weighted by Crippen LogP contribution is 2.30. The lowest BCUT2D eigenvalue weighted by Crippen LogP contribution is -2.34. The number of nitrogens with zero attached hydrogens (tertiary/aromatic N) is 1. The number of sulfonamides is 1. The van der Waals surface area contributed by atoms with Crippen LogP contribution in [0.4, 0.5) is 13.2 Å². The molecular weight excluding hydrogens is 542 g/mol. The molecule has 0 saturated heterocycles. The number of alkyl halides is 5. The summed E-state index contributed by atoms with van der Waals surface area (Å²) in [5, 5.41) is 3.31. The second-order valence-electron chi connectivity index (χ2n) is 7.80. The maximum Gasteiger partial charge on any atom is 0.573 e. The number of fused-ring (bicyclic) bond motifs is 1. The predicted octanol–water partition coefficient (Wildman–Crippen LogP) is 4.82. The second-order valence-corrected chi connectivity index (χ2v) is 10.5. The average Bonchev–Trinajstić information content (AvgIpc) is 3.12. The summed E-state index contributed by atoms with van der Waals surface area (Å²) in [7, 11) is -3.81. The predicted molar refractivity (Wildman–Crippen MR) is 132 cm³/mol. The van der Waals surface area contributed by atoms with Crippen molar-refractivity contribution in [1.82, 2.24) is 14.6 Å². The molecule has 3 aromatic rings. The van der Waals surface area contributed by atoms with Crippen LogP contribution in [0.25, 0.3) is 10.9 Å². The van der Waals surface area contributed by atoms with Gasteiger partial charge >= 0.3 is 6.36 Å². The number of amides is 1. The standard InChI is InChI=1S/C23H24Cl2F3N3O4S/c1-15-19(20-14-17(35-23(26,27)28)4-7-21(20)30-15)8-11-29-22(32)16-2-5-18(6-3-16)36(33,34)31(12-9-24)13-10-25/h2-7,14,30H,8-13H2,1H3,(H,29,32). The first-order chi connectivity index (χ1) is 17.0. The van der Waals surface area contributed by atoms with E-state index in [2.05, 4.69) is 15.0 Å². The minimum atomic E-state index is -4.80. The lowest BCUT2D eigenvalue weighted by Gasteiger charge is -2.20. The van der Waals surface area contributed by atoms with Gasteiger partial charge in [0.25, 0.3) is 5.91 Å². The molecule has 0 atom stereocenters. The number of H-pyrrole nitrogens is 1. The fraction of sp³-hybridized carbons (Fsp3) is 0.348. The van der Waals surface area contributed by atoms with E-state index < -0.39 is 22.3 Å². The molecule has 0 aliphatic heterocycles. The molecule has 0 fully saturated rings. The fourth-order valence-electron chi connectivity index (χ4n) is 3.75. The molecule has 1 heterocycles. The van der Waals surface area contributed by atoms with E-state index in [1.807, 2.05) is 0 Å². The molecule has 0 saturated carbocycles. The minimum absolute atomic E-state index is 0.0144. The Morgan fingerprint density at radius 2 is 1.72 bits per heavy atom. The van der Waals surface area contributed by atoms with Crippen LogP contribution in [-0.2, 0) is 16.4 Å². The average molecular weight is 566 g/mol. The number of aromatic amines is 1. The van der Waals surface area contributed by atoms with Crippen molar-refractivity contribution in [2.45, 2.75) is 24.6 Å². The number of halogens is 5. The van der Waals surface area contributed by atoms with Crippen molar-refractivity contribution in [3.8, 4) is 5.75 Å². The van der Waals surface area contributed by atoms with Gasteiger partial charge < -0.3 is 15.0 Å². The molecule has 196 valence electrons. The highest BCUT2D eigenvalue weighted by Gasteiger charge is 2.31. The highest BCUT2D eigenvalue weighted by atomic mass is 35.5. The third-order valence-electron chi connectivity index (χ3n) is 5.41. The molecular formula is C23H24Cl2F3N3O4S. The highest BCUT2D eigenvalue weighted by molar-refractivity contribution is 7.89. The first-order valence-electron chi connectivity index (χ1n) is 10.8. The van der Waals surface area contributed by atoms with E-state index >= 15 is 0 Å². The Bertz CT molecular complexity index is 1310. The third-order valence-corrected chi connectivity index (χ3v) is 7.66. The van der Waals surface area contributed by atoms with Crippen LogP contribution in [-0.4, -0.2) is 61.4 Å². The normalized spacial score (nSPS) is 12.3. The maximum absolute atomic E-state index is 12.8. The van der Waals surface area contributed by atoms with Gasteiger partial charge in [0.15, 0.2) is 0 Å². The van der Waals surface area contributed by atoms with Crippen LogP contribution < -0.4 is 10.1 Å². The molecule has 13 heteroatoms. The van der Waals surface area contributed by atoms with Gasteiger partial charge in [0.05, 0.1) is 4.90 Å². The zero-order valence-corrected chi connectivity index (χ0v) is 21.5. The number of hydrogen-bond donors (Lipinski definition) is 2. The summed E-state index contributed by atoms with van der Waals surface area (Å²) in [6.45, 7) is 2.21. The van der Waals surface area contributed by atoms with Crippen LogP contribution in [0, 0.1) is 6.92 Å². The largest absolute Gasteiger partial charge is 0.573 e. The van der Waals surface area contributed by atoms with E-state index in [0.717, 1.165) is 11.3 Å². The van der Waals surface area contributed by atoms with Gasteiger partial charge in [-0.2, -0.15) is 4.31 Å². The zero-order valence-electron chi connectivity index (χ0n) is 19.2.